The van der Waals surface area contributed by atoms with Crippen LogP contribution in [0.2, 0.25) is 0 Å². The summed E-state index contributed by atoms with van der Waals surface area (Å²) in [6, 6.07) is 24.4. The number of tetrazole rings is 2. The second-order valence-electron chi connectivity index (χ2n) is 9.47. The number of amides is 2. The van der Waals surface area contributed by atoms with Crippen molar-refractivity contribution in [2.45, 2.75) is 19.6 Å². The van der Waals surface area contributed by atoms with Crippen molar-refractivity contribution in [1.29, 1.82) is 0 Å². The van der Waals surface area contributed by atoms with Gasteiger partial charge < -0.3 is 10.6 Å². The van der Waals surface area contributed by atoms with E-state index in [2.05, 4.69) is 41.5 Å². The first-order valence-corrected chi connectivity index (χ1v) is 18.1. The Kier molecular flexibility index (Phi) is 21.0. The third-order valence-corrected chi connectivity index (χ3v) is 9.45. The molecule has 0 atom stereocenters. The maximum Gasteiger partial charge on any atom is 0.295 e. The number of carbonyl (C=O) groups is 2. The van der Waals surface area contributed by atoms with Crippen LogP contribution in [0, 0.1) is 0 Å². The van der Waals surface area contributed by atoms with E-state index in [4.69, 9.17) is 0 Å². The van der Waals surface area contributed by atoms with Crippen molar-refractivity contribution >= 4 is 221 Å². The topological polar surface area (TPSA) is 254 Å². The minimum Gasteiger partial charge on any atom is -0.322 e. The summed E-state index contributed by atoms with van der Waals surface area (Å²) in [5.41, 5.74) is 0.586. The molecule has 4 aromatic carbocycles. The molecule has 0 fully saturated rings. The number of nitrogens with zero attached hydrogens (tertiary/aromatic N) is 8. The predicted molar refractivity (Wildman–Crippen MR) is 197 cm³/mol. The number of benzene rings is 4. The van der Waals surface area contributed by atoms with Crippen molar-refractivity contribution in [3.63, 3.8) is 0 Å². The van der Waals surface area contributed by atoms with Gasteiger partial charge in [0, 0.05) is 199 Å². The van der Waals surface area contributed by atoms with Crippen LogP contribution in [-0.4, -0.2) is 231 Å². The second kappa shape index (κ2) is 23.0. The summed E-state index contributed by atoms with van der Waals surface area (Å²) in [6.45, 7) is 0. The largest absolute Gasteiger partial charge is 0.322 e. The second-order valence-corrected chi connectivity index (χ2v) is 14.2. The van der Waals surface area contributed by atoms with Crippen LogP contribution in [-0.2, 0) is 20.2 Å². The van der Waals surface area contributed by atoms with Gasteiger partial charge in [-0.05, 0) is 71.1 Å². The molecule has 0 spiro atoms. The molecule has 2 amide bonds. The van der Waals surface area contributed by atoms with E-state index in [1.807, 2.05) is 0 Å². The average Bonchev–Trinajstić information content (AvgIpc) is 3.79. The van der Waals surface area contributed by atoms with E-state index in [-0.39, 0.29) is 165 Å². The molecule has 259 valence electrons. The Morgan fingerprint density at radius 2 is 0.943 bits per heavy atom. The van der Waals surface area contributed by atoms with Crippen LogP contribution in [0.1, 0.15) is 20.7 Å². The van der Waals surface area contributed by atoms with E-state index in [1.165, 1.54) is 81.4 Å². The number of rotatable bonds is 10. The molecule has 2 heterocycles. The Morgan fingerprint density at radius 3 is 1.28 bits per heavy atom. The molecule has 0 saturated heterocycles. The quantitative estimate of drug-likeness (QED) is 0.114. The Morgan fingerprint density at radius 1 is 0.566 bits per heavy atom. The average molecular weight is 872 g/mol. The molecular formula is C28H22K3N10O8S4. The molecule has 0 bridgehead atoms. The maximum atomic E-state index is 12.4. The fourth-order valence-electron chi connectivity index (χ4n) is 4.00. The van der Waals surface area contributed by atoms with Gasteiger partial charge >= 0.3 is 0 Å². The number of aromatic nitrogens is 8. The summed E-state index contributed by atoms with van der Waals surface area (Å²) in [4.78, 5) is 25.3. The first-order valence-electron chi connectivity index (χ1n) is 13.7. The first-order chi connectivity index (χ1) is 23.9. The van der Waals surface area contributed by atoms with E-state index in [0.717, 1.165) is 21.9 Å². The maximum absolute atomic E-state index is 12.4. The van der Waals surface area contributed by atoms with Crippen LogP contribution in [0.25, 0.3) is 0 Å². The summed E-state index contributed by atoms with van der Waals surface area (Å²) in [5, 5.41) is 27.6. The molecule has 0 aliphatic heterocycles. The van der Waals surface area contributed by atoms with Gasteiger partial charge in [0.15, 0.2) is 12.7 Å². The standard InChI is InChI=1S/2C14H11N5O4S2.3K/c2*20-14(12-6-1-2-7-13(12)25(21,22)23)17-10-4-3-5-11(8-10)24-19-16-9-15-18-19;;;/h2*1-9H,(H,17,20)(H,21,22,23);;;. The van der Waals surface area contributed by atoms with Gasteiger partial charge in [-0.15, -0.1) is 20.4 Å². The number of hydrogen-bond acceptors (Lipinski definition) is 14. The van der Waals surface area contributed by atoms with Gasteiger partial charge in [-0.1, -0.05) is 44.8 Å². The number of carbonyl (C=O) groups excluding carboxylic acids is 2. The van der Waals surface area contributed by atoms with Gasteiger partial charge in [0.2, 0.25) is 0 Å². The van der Waals surface area contributed by atoms with Crippen molar-refractivity contribution in [3.05, 3.63) is 121 Å². The van der Waals surface area contributed by atoms with Gasteiger partial charge in [0.25, 0.3) is 32.1 Å². The van der Waals surface area contributed by atoms with Crippen molar-refractivity contribution in [2.75, 3.05) is 10.6 Å². The molecule has 18 nitrogen and oxygen atoms in total. The number of hydrogen-bond donors (Lipinski definition) is 4. The van der Waals surface area contributed by atoms with Crippen LogP contribution in [0.15, 0.2) is 129 Å². The number of nitrogens with one attached hydrogen (secondary N) is 2. The van der Waals surface area contributed by atoms with Crippen molar-refractivity contribution in [1.82, 2.24) is 39.2 Å². The van der Waals surface area contributed by atoms with Crippen LogP contribution in [0.4, 0.5) is 11.4 Å². The summed E-state index contributed by atoms with van der Waals surface area (Å²) < 4.78 is 66.6. The summed E-state index contributed by atoms with van der Waals surface area (Å²) >= 11 is 2.37. The minimum atomic E-state index is -4.50. The first kappa shape index (κ1) is 48.5. The van der Waals surface area contributed by atoms with E-state index < -0.39 is 41.8 Å². The van der Waals surface area contributed by atoms with E-state index in [1.54, 1.807) is 48.5 Å². The zero-order valence-electron chi connectivity index (χ0n) is 27.9. The molecular weight excluding hydrogens is 850 g/mol. The van der Waals surface area contributed by atoms with Crippen LogP contribution >= 0.6 is 23.9 Å². The predicted octanol–water partition coefficient (Wildman–Crippen LogP) is 2.31. The van der Waals surface area contributed by atoms with Gasteiger partial charge in [0.1, 0.15) is 9.79 Å². The van der Waals surface area contributed by atoms with Crippen LogP contribution < -0.4 is 10.6 Å². The SMILES string of the molecule is O=C(Nc1cccc(Sn2ncnn2)c1)c1ccccc1S(=O)(=O)O.O=C(Nc1cccc(Sn2ncnn2)c1)c1ccccc1S(=O)(=O)O.[K].[K].[K]. The molecule has 53 heavy (non-hydrogen) atoms. The Labute approximate surface area is 438 Å². The van der Waals surface area contributed by atoms with E-state index >= 15 is 0 Å². The Hall–Kier alpha value is -0.611. The molecule has 3 radical (unpaired) electrons. The number of anilines is 2. The molecule has 6 rings (SSSR count). The Bertz CT molecular complexity index is 2190. The fraction of sp³-hybridized carbons (Fsp3) is 0. The molecule has 6 aromatic rings. The molecule has 0 aliphatic carbocycles. The third kappa shape index (κ3) is 15.0. The summed E-state index contributed by atoms with van der Waals surface area (Å²) in [7, 11) is -9.01. The summed E-state index contributed by atoms with van der Waals surface area (Å²) in [6.07, 6.45) is 2.59. The van der Waals surface area contributed by atoms with Crippen molar-refractivity contribution in [2.24, 2.45) is 0 Å². The van der Waals surface area contributed by atoms with E-state index in [0.29, 0.717) is 11.4 Å². The zero-order valence-corrected chi connectivity index (χ0v) is 40.6. The fourth-order valence-corrected chi connectivity index (χ4v) is 6.73. The molecule has 2 aromatic heterocycles. The van der Waals surface area contributed by atoms with Gasteiger partial charge in [-0.3, -0.25) is 18.7 Å². The Balaban J connectivity index is 0.000000347. The third-order valence-electron chi connectivity index (χ3n) is 6.04. The molecule has 0 unspecified atom stereocenters. The minimum absolute atomic E-state index is 0. The molecule has 4 N–H and O–H groups in total. The molecule has 0 aliphatic rings. The van der Waals surface area contributed by atoms with Gasteiger partial charge in [-0.2, -0.15) is 16.8 Å². The van der Waals surface area contributed by atoms with Crippen molar-refractivity contribution in [3.8, 4) is 0 Å². The molecule has 0 saturated carbocycles. The monoisotopic (exact) mass is 871 g/mol. The van der Waals surface area contributed by atoms with Crippen LogP contribution in [0.3, 0.4) is 0 Å². The smallest absolute Gasteiger partial charge is 0.295 e. The van der Waals surface area contributed by atoms with Gasteiger partial charge in [0.05, 0.1) is 11.1 Å². The summed E-state index contributed by atoms with van der Waals surface area (Å²) in [5.74, 6) is -1.32. The van der Waals surface area contributed by atoms with E-state index in [9.17, 15) is 35.5 Å². The van der Waals surface area contributed by atoms with Gasteiger partial charge in [-0.25, -0.2) is 0 Å². The normalized spacial score (nSPS) is 10.6. The molecule has 25 heteroatoms. The van der Waals surface area contributed by atoms with Crippen molar-refractivity contribution < 1.29 is 35.5 Å². The van der Waals surface area contributed by atoms with Crippen LogP contribution in [0.5, 0.6) is 0 Å². The zero-order chi connectivity index (χ0) is 35.7.